The van der Waals surface area contributed by atoms with Gasteiger partial charge in [-0.3, -0.25) is 0 Å². The lowest BCUT2D eigenvalue weighted by Gasteiger charge is -2.34. The van der Waals surface area contributed by atoms with Crippen molar-refractivity contribution in [3.05, 3.63) is 72.3 Å². The van der Waals surface area contributed by atoms with Crippen molar-refractivity contribution in [1.29, 1.82) is 0 Å². The fourth-order valence-corrected chi connectivity index (χ4v) is 6.31. The molecule has 0 aliphatic carbocycles. The topological polar surface area (TPSA) is 113 Å². The van der Waals surface area contributed by atoms with Crippen LogP contribution in [0.4, 0.5) is 46.0 Å². The number of unbranched alkanes of at least 4 members (excludes halogenated alkanes) is 1. The van der Waals surface area contributed by atoms with Crippen LogP contribution in [-0.2, 0) is 13.1 Å². The quantitative estimate of drug-likeness (QED) is 0.120. The summed E-state index contributed by atoms with van der Waals surface area (Å²) in [6.45, 7) is 7.61. The van der Waals surface area contributed by atoms with Crippen LogP contribution in [0.1, 0.15) is 37.1 Å². The van der Waals surface area contributed by atoms with Gasteiger partial charge in [0.15, 0.2) is 23.3 Å². The third-order valence-corrected chi connectivity index (χ3v) is 9.06. The fourth-order valence-electron chi connectivity index (χ4n) is 6.31. The fraction of sp³-hybridized carbons (Fsp3) is 0.444. The van der Waals surface area contributed by atoms with Crippen molar-refractivity contribution >= 4 is 46.0 Å². The number of hydrogen-bond donors (Lipinski definition) is 4. The minimum absolute atomic E-state index is 0.759. The molecule has 0 atom stereocenters. The van der Waals surface area contributed by atoms with E-state index >= 15 is 0 Å². The van der Waals surface area contributed by atoms with Crippen molar-refractivity contribution in [3.63, 3.8) is 0 Å². The highest BCUT2D eigenvalue weighted by Crippen LogP contribution is 2.44. The molecule has 0 bridgehead atoms. The molecule has 0 amide bonds. The molecule has 0 unspecified atom stereocenters. The van der Waals surface area contributed by atoms with Gasteiger partial charge in [-0.25, -0.2) is 19.9 Å². The van der Waals surface area contributed by atoms with Gasteiger partial charge in [0.25, 0.3) is 0 Å². The van der Waals surface area contributed by atoms with Crippen molar-refractivity contribution in [2.75, 3.05) is 87.1 Å². The summed E-state index contributed by atoms with van der Waals surface area (Å²) in [5.41, 5.74) is 6.47. The highest BCUT2D eigenvalue weighted by atomic mass is 15.3. The van der Waals surface area contributed by atoms with Crippen LogP contribution in [0.3, 0.4) is 0 Å². The van der Waals surface area contributed by atoms with E-state index in [1.807, 2.05) is 38.6 Å². The second-order valence-electron chi connectivity index (χ2n) is 12.5. The molecule has 2 aliphatic rings. The van der Waals surface area contributed by atoms with E-state index in [0.29, 0.717) is 0 Å². The zero-order chi connectivity index (χ0) is 33.3. The number of fused-ring (bicyclic) bond motifs is 4. The SMILES string of the molecule is CN1c2cccnc2N(C)c2nc(CNCCCNCCCCNCCCNCc3ccc4c(n3)N(C)c3ncccc3N4C)ccc21. The zero-order valence-corrected chi connectivity index (χ0v) is 28.8. The average Bonchev–Trinajstić information content (AvgIpc) is 3.12. The Kier molecular flexibility index (Phi) is 11.3. The lowest BCUT2D eigenvalue weighted by Crippen LogP contribution is -2.27. The summed E-state index contributed by atoms with van der Waals surface area (Å²) in [6.07, 6.45) is 8.22. The number of rotatable bonds is 17. The molecule has 0 radical (unpaired) electrons. The molecule has 12 nitrogen and oxygen atoms in total. The maximum Gasteiger partial charge on any atom is 0.158 e. The van der Waals surface area contributed by atoms with Crippen molar-refractivity contribution in [2.45, 2.75) is 38.8 Å². The summed E-state index contributed by atoms with van der Waals surface area (Å²) in [5.74, 6) is 3.76. The van der Waals surface area contributed by atoms with E-state index in [1.54, 1.807) is 0 Å². The van der Waals surface area contributed by atoms with E-state index < -0.39 is 0 Å². The molecule has 0 aromatic carbocycles. The molecule has 0 saturated heterocycles. The summed E-state index contributed by atoms with van der Waals surface area (Å²) >= 11 is 0. The number of aromatic nitrogens is 4. The van der Waals surface area contributed by atoms with Crippen LogP contribution < -0.4 is 40.9 Å². The Bertz CT molecular complexity index is 1520. The van der Waals surface area contributed by atoms with Crippen LogP contribution in [-0.4, -0.2) is 87.4 Å². The summed E-state index contributed by atoms with van der Waals surface area (Å²) < 4.78 is 0. The molecule has 4 aromatic heterocycles. The lowest BCUT2D eigenvalue weighted by atomic mass is 10.2. The molecule has 4 N–H and O–H groups in total. The van der Waals surface area contributed by atoms with Gasteiger partial charge in [0.05, 0.1) is 34.1 Å². The Morgan fingerprint density at radius 2 is 0.833 bits per heavy atom. The first-order valence-electron chi connectivity index (χ1n) is 17.2. The molecular formula is C36H50N12. The van der Waals surface area contributed by atoms with Gasteiger partial charge in [-0.2, -0.15) is 0 Å². The van der Waals surface area contributed by atoms with Gasteiger partial charge < -0.3 is 40.9 Å². The van der Waals surface area contributed by atoms with Crippen molar-refractivity contribution in [1.82, 2.24) is 41.2 Å². The maximum absolute atomic E-state index is 4.93. The van der Waals surface area contributed by atoms with E-state index in [9.17, 15) is 0 Å². The first kappa shape index (κ1) is 33.5. The smallest absolute Gasteiger partial charge is 0.158 e. The summed E-state index contributed by atoms with van der Waals surface area (Å²) in [7, 11) is 8.21. The van der Waals surface area contributed by atoms with Crippen LogP contribution in [0.5, 0.6) is 0 Å². The standard InChI is InChI=1S/C36H50N12/c1-45-29-11-7-23-41-33(29)47(3)35-31(45)15-13-27(43-35)25-39-21-9-19-37-17-5-6-18-38-20-10-22-40-26-28-14-16-32-36(44-28)48(4)34-30(46(32)2)12-8-24-42-34/h7-8,11-16,23-24,37-40H,5-6,9-10,17-22,25-26H2,1-4H3. The number of hydrogen-bond acceptors (Lipinski definition) is 12. The second kappa shape index (κ2) is 16.2. The molecule has 4 aromatic rings. The molecule has 2 aliphatic heterocycles. The van der Waals surface area contributed by atoms with Gasteiger partial charge in [-0.05, 0) is 113 Å². The minimum Gasteiger partial charge on any atom is -0.339 e. The number of nitrogens with one attached hydrogen (secondary N) is 4. The number of nitrogens with zero attached hydrogens (tertiary/aromatic N) is 8. The lowest BCUT2D eigenvalue weighted by molar-refractivity contribution is 0.546. The normalized spacial score (nSPS) is 13.3. The molecule has 0 fully saturated rings. The zero-order valence-electron chi connectivity index (χ0n) is 28.8. The predicted octanol–water partition coefficient (Wildman–Crippen LogP) is 4.58. The van der Waals surface area contributed by atoms with E-state index in [-0.39, 0.29) is 0 Å². The molecule has 6 heterocycles. The van der Waals surface area contributed by atoms with Gasteiger partial charge in [0, 0.05) is 53.7 Å². The Hall–Kier alpha value is -4.36. The first-order valence-corrected chi connectivity index (χ1v) is 17.2. The van der Waals surface area contributed by atoms with Crippen LogP contribution in [0, 0.1) is 0 Å². The molecule has 0 spiro atoms. The Labute approximate surface area is 285 Å². The van der Waals surface area contributed by atoms with Gasteiger partial charge in [0.1, 0.15) is 0 Å². The average molecular weight is 651 g/mol. The highest BCUT2D eigenvalue weighted by Gasteiger charge is 2.27. The van der Waals surface area contributed by atoms with Crippen LogP contribution in [0.25, 0.3) is 0 Å². The Morgan fingerprint density at radius 3 is 1.29 bits per heavy atom. The van der Waals surface area contributed by atoms with Crippen molar-refractivity contribution in [2.24, 2.45) is 0 Å². The van der Waals surface area contributed by atoms with Gasteiger partial charge in [-0.15, -0.1) is 0 Å². The van der Waals surface area contributed by atoms with Crippen LogP contribution >= 0.6 is 0 Å². The summed E-state index contributed by atoms with van der Waals surface area (Å²) in [5, 5.41) is 14.3. The third-order valence-electron chi connectivity index (χ3n) is 9.06. The maximum atomic E-state index is 4.93. The summed E-state index contributed by atoms with van der Waals surface area (Å²) in [4.78, 5) is 27.5. The van der Waals surface area contributed by atoms with Crippen molar-refractivity contribution in [3.8, 4) is 0 Å². The van der Waals surface area contributed by atoms with E-state index in [2.05, 4.69) is 101 Å². The Balaban J connectivity index is 0.763. The highest BCUT2D eigenvalue weighted by molar-refractivity contribution is 5.89. The van der Waals surface area contributed by atoms with E-state index in [1.165, 1.54) is 12.8 Å². The molecule has 6 rings (SSSR count). The monoisotopic (exact) mass is 650 g/mol. The van der Waals surface area contributed by atoms with Crippen LogP contribution in [0.2, 0.25) is 0 Å². The molecule has 48 heavy (non-hydrogen) atoms. The molecule has 12 heteroatoms. The van der Waals surface area contributed by atoms with E-state index in [4.69, 9.17) is 9.97 Å². The van der Waals surface area contributed by atoms with E-state index in [0.717, 1.165) is 123 Å². The predicted molar refractivity (Wildman–Crippen MR) is 197 cm³/mol. The second-order valence-corrected chi connectivity index (χ2v) is 12.5. The van der Waals surface area contributed by atoms with Crippen LogP contribution in [0.15, 0.2) is 60.9 Å². The minimum atomic E-state index is 0.759. The van der Waals surface area contributed by atoms with Gasteiger partial charge in [-0.1, -0.05) is 0 Å². The summed E-state index contributed by atoms with van der Waals surface area (Å²) in [6, 6.07) is 16.7. The number of anilines is 8. The first-order chi connectivity index (χ1) is 23.5. The Morgan fingerprint density at radius 1 is 0.438 bits per heavy atom. The largest absolute Gasteiger partial charge is 0.339 e. The van der Waals surface area contributed by atoms with Gasteiger partial charge >= 0.3 is 0 Å². The molecule has 254 valence electrons. The number of pyridine rings is 4. The molecular weight excluding hydrogens is 600 g/mol. The van der Waals surface area contributed by atoms with Gasteiger partial charge in [0.2, 0.25) is 0 Å². The molecule has 0 saturated carbocycles. The van der Waals surface area contributed by atoms with Crippen molar-refractivity contribution < 1.29 is 0 Å². The third kappa shape index (κ3) is 7.68.